The first-order valence-corrected chi connectivity index (χ1v) is 9.47. The van der Waals surface area contributed by atoms with E-state index in [1.807, 2.05) is 37.2 Å². The molecule has 0 aromatic heterocycles. The maximum absolute atomic E-state index is 12.5. The van der Waals surface area contributed by atoms with Crippen LogP contribution in [0.5, 0.6) is 11.5 Å². The molecule has 1 saturated heterocycles. The average molecular weight is 372 g/mol. The van der Waals surface area contributed by atoms with Crippen LogP contribution >= 0.6 is 11.8 Å². The number of hydrogen-bond acceptors (Lipinski definition) is 5. The molecular formula is C20H24N2O3S. The third-order valence-electron chi connectivity index (χ3n) is 4.43. The second-order valence-electron chi connectivity index (χ2n) is 6.39. The predicted octanol–water partition coefficient (Wildman–Crippen LogP) is 3.54. The van der Waals surface area contributed by atoms with Gasteiger partial charge in [0.15, 0.2) is 0 Å². The molecule has 1 aliphatic rings. The Morgan fingerprint density at radius 1 is 1.08 bits per heavy atom. The van der Waals surface area contributed by atoms with Crippen LogP contribution in [0, 0.1) is 0 Å². The number of hydrogen-bond donors (Lipinski definition) is 0. The van der Waals surface area contributed by atoms with E-state index in [1.165, 1.54) is 0 Å². The highest BCUT2D eigenvalue weighted by molar-refractivity contribution is 8.00. The number of anilines is 1. The maximum Gasteiger partial charge on any atom is 0.234 e. The lowest BCUT2D eigenvalue weighted by Gasteiger charge is -2.25. The Hall–Kier alpha value is -2.34. The van der Waals surface area contributed by atoms with Crippen molar-refractivity contribution in [1.29, 1.82) is 0 Å². The van der Waals surface area contributed by atoms with Crippen LogP contribution in [0.25, 0.3) is 0 Å². The van der Waals surface area contributed by atoms with Crippen LogP contribution < -0.4 is 14.4 Å². The minimum Gasteiger partial charge on any atom is -0.497 e. The van der Waals surface area contributed by atoms with Crippen molar-refractivity contribution in [1.82, 2.24) is 4.90 Å². The number of amides is 1. The van der Waals surface area contributed by atoms with Crippen LogP contribution in [0.1, 0.15) is 16.5 Å². The molecule has 138 valence electrons. The molecule has 1 unspecified atom stereocenters. The molecule has 0 aliphatic carbocycles. The van der Waals surface area contributed by atoms with Gasteiger partial charge in [0.05, 0.1) is 20.0 Å². The molecule has 1 heterocycles. The number of nitrogens with zero attached hydrogens (tertiary/aromatic N) is 2. The molecule has 1 aliphatic heterocycles. The normalized spacial score (nSPS) is 16.7. The molecule has 2 aromatic carbocycles. The van der Waals surface area contributed by atoms with E-state index in [0.29, 0.717) is 12.3 Å². The summed E-state index contributed by atoms with van der Waals surface area (Å²) in [6, 6.07) is 14.1. The van der Waals surface area contributed by atoms with Crippen LogP contribution in [0.4, 0.5) is 5.69 Å². The van der Waals surface area contributed by atoms with Crippen LogP contribution in [-0.4, -0.2) is 44.9 Å². The number of methoxy groups -OCH3 is 2. The van der Waals surface area contributed by atoms with Crippen molar-refractivity contribution in [3.8, 4) is 11.5 Å². The molecule has 0 saturated carbocycles. The Labute approximate surface area is 158 Å². The molecule has 6 heteroatoms. The maximum atomic E-state index is 12.5. The lowest BCUT2D eigenvalue weighted by atomic mass is 10.1. The number of ether oxygens (including phenoxy) is 2. The molecule has 2 aromatic rings. The van der Waals surface area contributed by atoms with Gasteiger partial charge < -0.3 is 19.3 Å². The quantitative estimate of drug-likeness (QED) is 0.776. The van der Waals surface area contributed by atoms with Gasteiger partial charge in [0.2, 0.25) is 5.91 Å². The van der Waals surface area contributed by atoms with E-state index < -0.39 is 0 Å². The van der Waals surface area contributed by atoms with E-state index in [-0.39, 0.29) is 11.3 Å². The number of carbonyl (C=O) groups is 1. The summed E-state index contributed by atoms with van der Waals surface area (Å²) in [5.41, 5.74) is 3.28. The highest BCUT2D eigenvalue weighted by Gasteiger charge is 2.33. The SMILES string of the molecule is COc1cc(OC)cc(C2SCC(=O)N2Cc2ccc(N(C)C)cc2)c1. The van der Waals surface area contributed by atoms with E-state index in [0.717, 1.165) is 28.3 Å². The first-order valence-electron chi connectivity index (χ1n) is 8.42. The highest BCUT2D eigenvalue weighted by Crippen LogP contribution is 2.42. The number of thioether (sulfide) groups is 1. The van der Waals surface area contributed by atoms with Crippen LogP contribution in [0.2, 0.25) is 0 Å². The van der Waals surface area contributed by atoms with Crippen molar-refractivity contribution in [3.05, 3.63) is 53.6 Å². The Morgan fingerprint density at radius 2 is 1.69 bits per heavy atom. The molecule has 1 atom stereocenters. The minimum absolute atomic E-state index is 0.0416. The van der Waals surface area contributed by atoms with E-state index in [1.54, 1.807) is 26.0 Å². The standard InChI is InChI=1S/C20H24N2O3S/c1-21(2)16-7-5-14(6-8-16)12-22-19(23)13-26-20(22)15-9-17(24-3)11-18(10-15)25-4/h5-11,20H,12-13H2,1-4H3. The summed E-state index contributed by atoms with van der Waals surface area (Å²) in [6.45, 7) is 0.587. The summed E-state index contributed by atoms with van der Waals surface area (Å²) in [5, 5.41) is -0.0416. The first-order chi connectivity index (χ1) is 12.5. The second kappa shape index (κ2) is 7.91. The van der Waals surface area contributed by atoms with Crippen molar-refractivity contribution in [2.45, 2.75) is 11.9 Å². The van der Waals surface area contributed by atoms with Crippen molar-refractivity contribution in [2.75, 3.05) is 39.0 Å². The van der Waals surface area contributed by atoms with Crippen molar-refractivity contribution >= 4 is 23.4 Å². The van der Waals surface area contributed by atoms with Crippen molar-refractivity contribution < 1.29 is 14.3 Å². The zero-order chi connectivity index (χ0) is 18.7. The lowest BCUT2D eigenvalue weighted by molar-refractivity contribution is -0.128. The fraction of sp³-hybridized carbons (Fsp3) is 0.350. The molecular weight excluding hydrogens is 348 g/mol. The Kier molecular flexibility index (Phi) is 5.61. The molecule has 0 bridgehead atoms. The van der Waals surface area contributed by atoms with Crippen LogP contribution in [0.3, 0.4) is 0 Å². The molecule has 3 rings (SSSR count). The van der Waals surface area contributed by atoms with Crippen LogP contribution in [-0.2, 0) is 11.3 Å². The smallest absolute Gasteiger partial charge is 0.234 e. The average Bonchev–Trinajstić information content (AvgIpc) is 3.02. The van der Waals surface area contributed by atoms with Crippen molar-refractivity contribution in [2.24, 2.45) is 0 Å². The highest BCUT2D eigenvalue weighted by atomic mass is 32.2. The molecule has 1 fully saturated rings. The van der Waals surface area contributed by atoms with Gasteiger partial charge in [0.25, 0.3) is 0 Å². The van der Waals surface area contributed by atoms with Gasteiger partial charge in [-0.2, -0.15) is 0 Å². The summed E-state index contributed by atoms with van der Waals surface area (Å²) in [5.74, 6) is 2.10. The van der Waals surface area contributed by atoms with E-state index in [2.05, 4.69) is 29.2 Å². The van der Waals surface area contributed by atoms with Gasteiger partial charge in [-0.15, -0.1) is 11.8 Å². The number of carbonyl (C=O) groups excluding carboxylic acids is 1. The van der Waals surface area contributed by atoms with E-state index >= 15 is 0 Å². The fourth-order valence-corrected chi connectivity index (χ4v) is 4.14. The number of benzene rings is 2. The Balaban J connectivity index is 1.85. The molecule has 5 nitrogen and oxygen atoms in total. The van der Waals surface area contributed by atoms with Gasteiger partial charge in [-0.3, -0.25) is 4.79 Å². The zero-order valence-corrected chi connectivity index (χ0v) is 16.4. The first kappa shape index (κ1) is 18.5. The third kappa shape index (κ3) is 3.90. The molecule has 26 heavy (non-hydrogen) atoms. The predicted molar refractivity (Wildman–Crippen MR) is 106 cm³/mol. The molecule has 0 radical (unpaired) electrons. The minimum atomic E-state index is -0.0416. The third-order valence-corrected chi connectivity index (χ3v) is 5.69. The van der Waals surface area contributed by atoms with Crippen LogP contribution in [0.15, 0.2) is 42.5 Å². The topological polar surface area (TPSA) is 42.0 Å². The second-order valence-corrected chi connectivity index (χ2v) is 7.46. The Bertz CT molecular complexity index is 755. The molecule has 0 N–H and O–H groups in total. The summed E-state index contributed by atoms with van der Waals surface area (Å²) < 4.78 is 10.8. The number of rotatable bonds is 6. The van der Waals surface area contributed by atoms with Gasteiger partial charge >= 0.3 is 0 Å². The van der Waals surface area contributed by atoms with Gasteiger partial charge in [-0.05, 0) is 35.4 Å². The van der Waals surface area contributed by atoms with E-state index in [9.17, 15) is 4.79 Å². The monoisotopic (exact) mass is 372 g/mol. The summed E-state index contributed by atoms with van der Waals surface area (Å²) in [4.78, 5) is 16.5. The lowest BCUT2D eigenvalue weighted by Crippen LogP contribution is -2.27. The van der Waals surface area contributed by atoms with E-state index in [4.69, 9.17) is 9.47 Å². The summed E-state index contributed by atoms with van der Waals surface area (Å²) >= 11 is 1.63. The fourth-order valence-electron chi connectivity index (χ4n) is 2.97. The van der Waals surface area contributed by atoms with Gasteiger partial charge in [0, 0.05) is 32.4 Å². The Morgan fingerprint density at radius 3 is 2.23 bits per heavy atom. The zero-order valence-electron chi connectivity index (χ0n) is 15.6. The van der Waals surface area contributed by atoms with Gasteiger partial charge in [-0.1, -0.05) is 12.1 Å². The summed E-state index contributed by atoms with van der Waals surface area (Å²) in [6.07, 6.45) is 0. The molecule has 0 spiro atoms. The van der Waals surface area contributed by atoms with Gasteiger partial charge in [-0.25, -0.2) is 0 Å². The van der Waals surface area contributed by atoms with Crippen molar-refractivity contribution in [3.63, 3.8) is 0 Å². The largest absolute Gasteiger partial charge is 0.497 e. The van der Waals surface area contributed by atoms with Gasteiger partial charge in [0.1, 0.15) is 16.9 Å². The summed E-state index contributed by atoms with van der Waals surface area (Å²) in [7, 11) is 7.30. The molecule has 1 amide bonds.